The Morgan fingerprint density at radius 1 is 0.917 bits per heavy atom. The van der Waals surface area contributed by atoms with Gasteiger partial charge in [-0.2, -0.15) is 0 Å². The van der Waals surface area contributed by atoms with Crippen molar-refractivity contribution in [2.75, 3.05) is 10.6 Å². The van der Waals surface area contributed by atoms with Crippen LogP contribution in [-0.4, -0.2) is 16.9 Å². The first-order valence-corrected chi connectivity index (χ1v) is 7.96. The van der Waals surface area contributed by atoms with Gasteiger partial charge in [0.05, 0.1) is 0 Å². The topological polar surface area (TPSA) is 70.2 Å². The van der Waals surface area contributed by atoms with Crippen LogP contribution in [0.4, 0.5) is 11.4 Å². The second-order valence-corrected chi connectivity index (χ2v) is 6.11. The summed E-state index contributed by atoms with van der Waals surface area (Å²) in [5, 5.41) is 8.92. The monoisotopic (exact) mass is 381 g/mol. The number of nitrogens with one attached hydrogen (secondary N) is 3. The van der Waals surface area contributed by atoms with E-state index in [0.29, 0.717) is 27.0 Å². The summed E-state index contributed by atoms with van der Waals surface area (Å²) in [6.45, 7) is 1.43. The smallest absolute Gasteiger partial charge is 0.257 e. The Labute approximate surface area is 154 Å². The van der Waals surface area contributed by atoms with E-state index in [-0.39, 0.29) is 11.0 Å². The molecule has 5 nitrogen and oxygen atoms in total. The van der Waals surface area contributed by atoms with Gasteiger partial charge in [0.2, 0.25) is 5.91 Å². The van der Waals surface area contributed by atoms with E-state index in [1.165, 1.54) is 25.1 Å². The molecule has 3 N–H and O–H groups in total. The van der Waals surface area contributed by atoms with E-state index in [2.05, 4.69) is 16.0 Å². The summed E-state index contributed by atoms with van der Waals surface area (Å²) in [5.74, 6) is -0.578. The van der Waals surface area contributed by atoms with E-state index in [9.17, 15) is 9.59 Å². The van der Waals surface area contributed by atoms with Gasteiger partial charge in [-0.1, -0.05) is 23.2 Å². The van der Waals surface area contributed by atoms with Crippen LogP contribution in [0.1, 0.15) is 17.3 Å². The lowest BCUT2D eigenvalue weighted by Gasteiger charge is -2.11. The van der Waals surface area contributed by atoms with Crippen molar-refractivity contribution in [3.05, 3.63) is 58.1 Å². The highest BCUT2D eigenvalue weighted by Crippen LogP contribution is 2.19. The third-order valence-electron chi connectivity index (χ3n) is 2.81. The van der Waals surface area contributed by atoms with Crippen molar-refractivity contribution in [3.63, 3.8) is 0 Å². The molecule has 0 heterocycles. The minimum absolute atomic E-state index is 0.128. The molecule has 0 atom stereocenters. The second-order valence-electron chi connectivity index (χ2n) is 4.82. The average Bonchev–Trinajstić information content (AvgIpc) is 2.47. The molecule has 24 heavy (non-hydrogen) atoms. The van der Waals surface area contributed by atoms with Gasteiger partial charge in [0.15, 0.2) is 5.11 Å². The summed E-state index contributed by atoms with van der Waals surface area (Å²) in [7, 11) is 0. The van der Waals surface area contributed by atoms with Gasteiger partial charge in [0.25, 0.3) is 5.91 Å². The molecule has 0 aliphatic carbocycles. The number of thiocarbonyl (C=S) groups is 1. The average molecular weight is 382 g/mol. The molecular formula is C16H13Cl2N3O2S. The SMILES string of the molecule is CC(=O)Nc1ccc(NC(=S)NC(=O)c2cc(Cl)cc(Cl)c2)cc1. The third kappa shape index (κ3) is 5.49. The number of halogens is 2. The van der Waals surface area contributed by atoms with Gasteiger partial charge in [-0.05, 0) is 54.7 Å². The van der Waals surface area contributed by atoms with Crippen LogP contribution in [0.15, 0.2) is 42.5 Å². The third-order valence-corrected chi connectivity index (χ3v) is 3.46. The van der Waals surface area contributed by atoms with Crippen LogP contribution in [-0.2, 0) is 4.79 Å². The second kappa shape index (κ2) is 8.10. The summed E-state index contributed by atoms with van der Waals surface area (Å²) >= 11 is 16.8. The lowest BCUT2D eigenvalue weighted by molar-refractivity contribution is -0.114. The molecule has 2 aromatic rings. The Morgan fingerprint density at radius 3 is 1.92 bits per heavy atom. The maximum atomic E-state index is 12.1. The minimum atomic E-state index is -0.424. The number of carbonyl (C=O) groups is 2. The zero-order valence-corrected chi connectivity index (χ0v) is 14.9. The maximum absolute atomic E-state index is 12.1. The standard InChI is InChI=1S/C16H13Cl2N3O2S/c1-9(22)19-13-2-4-14(5-3-13)20-16(24)21-15(23)10-6-11(17)8-12(18)7-10/h2-8H,1H3,(H,19,22)(H2,20,21,23,24). The molecule has 2 aromatic carbocycles. The molecule has 0 aromatic heterocycles. The van der Waals surface area contributed by atoms with Crippen LogP contribution in [0.25, 0.3) is 0 Å². The summed E-state index contributed by atoms with van der Waals surface area (Å²) in [5.41, 5.74) is 1.63. The van der Waals surface area contributed by atoms with E-state index in [1.807, 2.05) is 0 Å². The Kier molecular flexibility index (Phi) is 6.14. The van der Waals surface area contributed by atoms with E-state index in [0.717, 1.165) is 0 Å². The van der Waals surface area contributed by atoms with Crippen molar-refractivity contribution in [1.29, 1.82) is 0 Å². The van der Waals surface area contributed by atoms with Gasteiger partial charge < -0.3 is 10.6 Å². The van der Waals surface area contributed by atoms with Gasteiger partial charge in [-0.15, -0.1) is 0 Å². The largest absolute Gasteiger partial charge is 0.332 e. The van der Waals surface area contributed by atoms with Crippen molar-refractivity contribution in [2.24, 2.45) is 0 Å². The fourth-order valence-electron chi connectivity index (χ4n) is 1.86. The molecule has 0 unspecified atom stereocenters. The lowest BCUT2D eigenvalue weighted by Crippen LogP contribution is -2.34. The molecule has 2 rings (SSSR count). The van der Waals surface area contributed by atoms with Crippen LogP contribution in [0.2, 0.25) is 10.0 Å². The predicted octanol–water partition coefficient (Wildman–Crippen LogP) is 4.08. The molecule has 0 saturated carbocycles. The maximum Gasteiger partial charge on any atom is 0.257 e. The van der Waals surface area contributed by atoms with Crippen LogP contribution in [0.3, 0.4) is 0 Å². The molecule has 0 aliphatic heterocycles. The number of hydrogen-bond acceptors (Lipinski definition) is 3. The van der Waals surface area contributed by atoms with Crippen LogP contribution >= 0.6 is 35.4 Å². The van der Waals surface area contributed by atoms with Crippen molar-refractivity contribution in [1.82, 2.24) is 5.32 Å². The highest BCUT2D eigenvalue weighted by Gasteiger charge is 2.10. The van der Waals surface area contributed by atoms with Crippen LogP contribution in [0, 0.1) is 0 Å². The quantitative estimate of drug-likeness (QED) is 0.700. The summed E-state index contributed by atoms with van der Waals surface area (Å²) in [6.07, 6.45) is 0. The highest BCUT2D eigenvalue weighted by atomic mass is 35.5. The summed E-state index contributed by atoms with van der Waals surface area (Å²) < 4.78 is 0. The number of amides is 2. The molecule has 0 fully saturated rings. The van der Waals surface area contributed by atoms with E-state index >= 15 is 0 Å². The molecule has 0 radical (unpaired) electrons. The van der Waals surface area contributed by atoms with Crippen molar-refractivity contribution >= 4 is 63.7 Å². The Bertz CT molecular complexity index is 774. The van der Waals surface area contributed by atoms with Gasteiger partial charge in [-0.3, -0.25) is 14.9 Å². The molecule has 0 spiro atoms. The summed E-state index contributed by atoms with van der Waals surface area (Å²) in [4.78, 5) is 23.1. The molecule has 0 saturated heterocycles. The van der Waals surface area contributed by atoms with Crippen LogP contribution < -0.4 is 16.0 Å². The fourth-order valence-corrected chi connectivity index (χ4v) is 2.60. The lowest BCUT2D eigenvalue weighted by atomic mass is 10.2. The van der Waals surface area contributed by atoms with Crippen LogP contribution in [0.5, 0.6) is 0 Å². The molecule has 124 valence electrons. The molecule has 2 amide bonds. The number of rotatable bonds is 3. The van der Waals surface area contributed by atoms with E-state index in [4.69, 9.17) is 35.4 Å². The number of anilines is 2. The first kappa shape index (κ1) is 18.2. The highest BCUT2D eigenvalue weighted by molar-refractivity contribution is 7.80. The fraction of sp³-hybridized carbons (Fsp3) is 0.0625. The van der Waals surface area contributed by atoms with Gasteiger partial charge >= 0.3 is 0 Å². The van der Waals surface area contributed by atoms with Gasteiger partial charge in [0.1, 0.15) is 0 Å². The number of hydrogen-bond donors (Lipinski definition) is 3. The molecule has 8 heteroatoms. The Balaban J connectivity index is 1.97. The number of benzene rings is 2. The molecule has 0 aliphatic rings. The van der Waals surface area contributed by atoms with Gasteiger partial charge in [0, 0.05) is 33.9 Å². The first-order chi connectivity index (χ1) is 11.3. The van der Waals surface area contributed by atoms with E-state index in [1.54, 1.807) is 24.3 Å². The molecule has 0 bridgehead atoms. The minimum Gasteiger partial charge on any atom is -0.332 e. The normalized spacial score (nSPS) is 9.96. The Hall–Kier alpha value is -2.15. The van der Waals surface area contributed by atoms with Crippen molar-refractivity contribution in [3.8, 4) is 0 Å². The zero-order valence-electron chi connectivity index (χ0n) is 12.5. The zero-order chi connectivity index (χ0) is 17.7. The van der Waals surface area contributed by atoms with E-state index < -0.39 is 5.91 Å². The summed E-state index contributed by atoms with van der Waals surface area (Å²) in [6, 6.07) is 11.4. The van der Waals surface area contributed by atoms with Gasteiger partial charge in [-0.25, -0.2) is 0 Å². The predicted molar refractivity (Wildman–Crippen MR) is 101 cm³/mol. The van der Waals surface area contributed by atoms with Crippen molar-refractivity contribution in [2.45, 2.75) is 6.92 Å². The van der Waals surface area contributed by atoms with Crippen molar-refractivity contribution < 1.29 is 9.59 Å². The molecular weight excluding hydrogens is 369 g/mol. The Morgan fingerprint density at radius 2 is 1.42 bits per heavy atom. The number of carbonyl (C=O) groups excluding carboxylic acids is 2. The first-order valence-electron chi connectivity index (χ1n) is 6.79.